The van der Waals surface area contributed by atoms with Crippen LogP contribution in [0.25, 0.3) is 0 Å². The lowest BCUT2D eigenvalue weighted by molar-refractivity contribution is 0.0695. The van der Waals surface area contributed by atoms with Crippen LogP contribution in [-0.4, -0.2) is 28.0 Å². The minimum Gasteiger partial charge on any atom is -0.478 e. The van der Waals surface area contributed by atoms with Crippen molar-refractivity contribution in [3.63, 3.8) is 0 Å². The molecule has 0 fully saturated rings. The Labute approximate surface area is 105 Å². The highest BCUT2D eigenvalue weighted by molar-refractivity contribution is 5.93. The Hall–Kier alpha value is -2.35. The molecule has 1 rings (SSSR count). The lowest BCUT2D eigenvalue weighted by Crippen LogP contribution is -2.34. The minimum atomic E-state index is -1.08. The van der Waals surface area contributed by atoms with Gasteiger partial charge in [-0.15, -0.1) is 12.3 Å². The van der Waals surface area contributed by atoms with Gasteiger partial charge in [0.15, 0.2) is 0 Å². The lowest BCUT2D eigenvalue weighted by atomic mass is 10.1. The number of terminal acetylenes is 1. The first-order valence-corrected chi connectivity index (χ1v) is 5.52. The van der Waals surface area contributed by atoms with Gasteiger partial charge < -0.3 is 10.4 Å². The zero-order valence-corrected chi connectivity index (χ0v) is 10.0. The predicted octanol–water partition coefficient (Wildman–Crippen LogP) is 1.31. The number of pyridine rings is 1. The fourth-order valence-electron chi connectivity index (χ4n) is 1.35. The van der Waals surface area contributed by atoms with Crippen LogP contribution in [0.2, 0.25) is 0 Å². The Kier molecular flexibility index (Phi) is 4.88. The van der Waals surface area contributed by atoms with E-state index in [9.17, 15) is 9.59 Å². The zero-order valence-electron chi connectivity index (χ0n) is 10.0. The van der Waals surface area contributed by atoms with Gasteiger partial charge in [-0.3, -0.25) is 9.78 Å². The highest BCUT2D eigenvalue weighted by Gasteiger charge is 2.13. The fraction of sp³-hybridized carbons (Fsp3) is 0.308. The van der Waals surface area contributed by atoms with Crippen molar-refractivity contribution in [3.8, 4) is 12.3 Å². The van der Waals surface area contributed by atoms with Crippen LogP contribution in [-0.2, 0) is 0 Å². The van der Waals surface area contributed by atoms with Crippen LogP contribution >= 0.6 is 0 Å². The van der Waals surface area contributed by atoms with Gasteiger partial charge in [-0.25, -0.2) is 4.79 Å². The standard InChI is InChI=1S/C13H14N2O3/c1-3-5-10(4-2)15-12(16)11-7-6-9(8-14-11)13(17)18/h1,6-8,10H,4-5H2,2H3,(H,15,16)(H,17,18). The molecule has 0 aromatic carbocycles. The van der Waals surface area contributed by atoms with Crippen LogP contribution in [0, 0.1) is 12.3 Å². The van der Waals surface area contributed by atoms with Crippen molar-refractivity contribution >= 4 is 11.9 Å². The number of hydrogen-bond donors (Lipinski definition) is 2. The Morgan fingerprint density at radius 2 is 2.28 bits per heavy atom. The molecular weight excluding hydrogens is 232 g/mol. The molecule has 0 spiro atoms. The monoisotopic (exact) mass is 246 g/mol. The summed E-state index contributed by atoms with van der Waals surface area (Å²) in [5, 5.41) is 11.4. The van der Waals surface area contributed by atoms with Crippen LogP contribution in [0.5, 0.6) is 0 Å². The Bertz CT molecular complexity index is 474. The second-order valence-electron chi connectivity index (χ2n) is 3.72. The first-order valence-electron chi connectivity index (χ1n) is 5.52. The van der Waals surface area contributed by atoms with Crippen LogP contribution < -0.4 is 5.32 Å². The molecule has 0 aliphatic heterocycles. The molecule has 1 heterocycles. The molecule has 5 heteroatoms. The summed E-state index contributed by atoms with van der Waals surface area (Å²) in [5.41, 5.74) is 0.220. The van der Waals surface area contributed by atoms with E-state index < -0.39 is 5.97 Å². The van der Waals surface area contributed by atoms with E-state index in [4.69, 9.17) is 11.5 Å². The maximum atomic E-state index is 11.8. The van der Waals surface area contributed by atoms with Crippen LogP contribution in [0.1, 0.15) is 40.6 Å². The molecule has 94 valence electrons. The highest BCUT2D eigenvalue weighted by atomic mass is 16.4. The normalized spacial score (nSPS) is 11.3. The van der Waals surface area contributed by atoms with E-state index in [1.807, 2.05) is 6.92 Å². The third-order valence-electron chi connectivity index (χ3n) is 2.44. The summed E-state index contributed by atoms with van der Waals surface area (Å²) >= 11 is 0. The molecule has 1 aromatic rings. The van der Waals surface area contributed by atoms with E-state index in [1.165, 1.54) is 12.1 Å². The second-order valence-corrected chi connectivity index (χ2v) is 3.72. The van der Waals surface area contributed by atoms with E-state index in [1.54, 1.807) is 0 Å². The SMILES string of the molecule is C#CCC(CC)NC(=O)c1ccc(C(=O)O)cn1. The molecule has 18 heavy (non-hydrogen) atoms. The number of nitrogens with zero attached hydrogens (tertiary/aromatic N) is 1. The van der Waals surface area contributed by atoms with Crippen LogP contribution in [0.4, 0.5) is 0 Å². The summed E-state index contributed by atoms with van der Waals surface area (Å²) in [6, 6.07) is 2.62. The third-order valence-corrected chi connectivity index (χ3v) is 2.44. The first kappa shape index (κ1) is 13.7. The van der Waals surface area contributed by atoms with Crippen molar-refractivity contribution in [3.05, 3.63) is 29.6 Å². The number of carboxylic acid groups (broad SMARTS) is 1. The Morgan fingerprint density at radius 1 is 1.56 bits per heavy atom. The average Bonchev–Trinajstić information content (AvgIpc) is 2.38. The molecule has 0 radical (unpaired) electrons. The summed E-state index contributed by atoms with van der Waals surface area (Å²) in [7, 11) is 0. The number of nitrogens with one attached hydrogen (secondary N) is 1. The molecular formula is C13H14N2O3. The van der Waals surface area contributed by atoms with Crippen molar-refractivity contribution in [2.24, 2.45) is 0 Å². The van der Waals surface area contributed by atoms with Gasteiger partial charge in [0.05, 0.1) is 5.56 Å². The summed E-state index contributed by atoms with van der Waals surface area (Å²) in [6.45, 7) is 1.92. The molecule has 1 aromatic heterocycles. The lowest BCUT2D eigenvalue weighted by Gasteiger charge is -2.13. The number of amides is 1. The van der Waals surface area contributed by atoms with E-state index in [0.717, 1.165) is 12.6 Å². The van der Waals surface area contributed by atoms with Crippen LogP contribution in [0.3, 0.4) is 0 Å². The number of carboxylic acids is 1. The van der Waals surface area contributed by atoms with Gasteiger partial charge in [0.1, 0.15) is 5.69 Å². The van der Waals surface area contributed by atoms with Crippen molar-refractivity contribution in [1.82, 2.24) is 10.3 Å². The molecule has 2 N–H and O–H groups in total. The number of aromatic nitrogens is 1. The van der Waals surface area contributed by atoms with E-state index >= 15 is 0 Å². The van der Waals surface area contributed by atoms with Crippen molar-refractivity contribution in [2.75, 3.05) is 0 Å². The zero-order chi connectivity index (χ0) is 13.5. The number of carbonyl (C=O) groups is 2. The second kappa shape index (κ2) is 6.40. The maximum Gasteiger partial charge on any atom is 0.337 e. The average molecular weight is 246 g/mol. The van der Waals surface area contributed by atoms with Gasteiger partial charge in [0.25, 0.3) is 5.91 Å². The van der Waals surface area contributed by atoms with Gasteiger partial charge in [0.2, 0.25) is 0 Å². The molecule has 0 saturated carbocycles. The predicted molar refractivity (Wildman–Crippen MR) is 66.2 cm³/mol. The molecule has 0 saturated heterocycles. The largest absolute Gasteiger partial charge is 0.478 e. The molecule has 1 amide bonds. The smallest absolute Gasteiger partial charge is 0.337 e. The molecule has 0 bridgehead atoms. The maximum absolute atomic E-state index is 11.8. The Morgan fingerprint density at radius 3 is 2.72 bits per heavy atom. The summed E-state index contributed by atoms with van der Waals surface area (Å²) < 4.78 is 0. The molecule has 0 aliphatic carbocycles. The van der Waals surface area contributed by atoms with Crippen molar-refractivity contribution in [2.45, 2.75) is 25.8 Å². The summed E-state index contributed by atoms with van der Waals surface area (Å²) in [4.78, 5) is 26.2. The van der Waals surface area contributed by atoms with Crippen molar-refractivity contribution < 1.29 is 14.7 Å². The molecule has 5 nitrogen and oxygen atoms in total. The Balaban J connectivity index is 2.72. The van der Waals surface area contributed by atoms with Gasteiger partial charge in [-0.2, -0.15) is 0 Å². The topological polar surface area (TPSA) is 79.3 Å². The molecule has 1 unspecified atom stereocenters. The molecule has 1 atom stereocenters. The number of aromatic carboxylic acids is 1. The fourth-order valence-corrected chi connectivity index (χ4v) is 1.35. The highest BCUT2D eigenvalue weighted by Crippen LogP contribution is 2.03. The van der Waals surface area contributed by atoms with Gasteiger partial charge in [-0.05, 0) is 18.6 Å². The number of hydrogen-bond acceptors (Lipinski definition) is 3. The van der Waals surface area contributed by atoms with Crippen molar-refractivity contribution in [1.29, 1.82) is 0 Å². The first-order chi connectivity index (χ1) is 8.58. The quantitative estimate of drug-likeness (QED) is 0.768. The minimum absolute atomic E-state index is 0.0437. The summed E-state index contributed by atoms with van der Waals surface area (Å²) in [6.07, 6.45) is 7.52. The van der Waals surface area contributed by atoms with Gasteiger partial charge >= 0.3 is 5.97 Å². The number of carbonyl (C=O) groups excluding carboxylic acids is 1. The van der Waals surface area contributed by atoms with E-state index in [0.29, 0.717) is 6.42 Å². The molecule has 0 aliphatic rings. The van der Waals surface area contributed by atoms with E-state index in [-0.39, 0.29) is 23.2 Å². The van der Waals surface area contributed by atoms with Gasteiger partial charge in [-0.1, -0.05) is 6.92 Å². The number of rotatable bonds is 5. The van der Waals surface area contributed by atoms with Gasteiger partial charge in [0, 0.05) is 18.7 Å². The van der Waals surface area contributed by atoms with E-state index in [2.05, 4.69) is 16.2 Å². The third kappa shape index (κ3) is 3.59. The summed E-state index contributed by atoms with van der Waals surface area (Å²) in [5.74, 6) is 1.06. The van der Waals surface area contributed by atoms with Crippen LogP contribution in [0.15, 0.2) is 18.3 Å².